The van der Waals surface area contributed by atoms with Crippen LogP contribution < -0.4 is 5.32 Å². The molecule has 1 unspecified atom stereocenters. The normalized spacial score (nSPS) is 19.7. The first kappa shape index (κ1) is 17.8. The van der Waals surface area contributed by atoms with Crippen molar-refractivity contribution in [3.05, 3.63) is 35.9 Å². The number of likely N-dealkylation sites (tertiary alicyclic amines) is 2. The Hall–Kier alpha value is -2.04. The SMILES string of the molecule is CC(NC(=O)N1CCC(CC(=O)N2CCCC2)CC1)c1ccccc1. The molecule has 3 amide bonds. The summed E-state index contributed by atoms with van der Waals surface area (Å²) in [6.07, 6.45) is 4.78. The maximum atomic E-state index is 12.5. The van der Waals surface area contributed by atoms with Gasteiger partial charge in [-0.1, -0.05) is 30.3 Å². The van der Waals surface area contributed by atoms with E-state index in [1.165, 1.54) is 0 Å². The van der Waals surface area contributed by atoms with Gasteiger partial charge in [0.15, 0.2) is 0 Å². The van der Waals surface area contributed by atoms with Gasteiger partial charge in [-0.3, -0.25) is 4.79 Å². The molecular formula is C20H29N3O2. The number of amides is 3. The standard InChI is InChI=1S/C20H29N3O2/c1-16(18-7-3-2-4-8-18)21-20(25)23-13-9-17(10-14-23)15-19(24)22-11-5-6-12-22/h2-4,7-8,16-17H,5-6,9-15H2,1H3,(H,21,25). The first-order chi connectivity index (χ1) is 12.1. The number of hydrogen-bond acceptors (Lipinski definition) is 2. The number of nitrogens with one attached hydrogen (secondary N) is 1. The van der Waals surface area contributed by atoms with Gasteiger partial charge in [-0.25, -0.2) is 4.79 Å². The van der Waals surface area contributed by atoms with E-state index in [0.717, 1.165) is 57.4 Å². The second-order valence-corrected chi connectivity index (χ2v) is 7.30. The van der Waals surface area contributed by atoms with Gasteiger partial charge in [0.05, 0.1) is 6.04 Å². The minimum absolute atomic E-state index is 0.000623. The van der Waals surface area contributed by atoms with Crippen molar-refractivity contribution in [2.75, 3.05) is 26.2 Å². The Balaban J connectivity index is 1.42. The molecule has 2 heterocycles. The molecule has 2 aliphatic rings. The lowest BCUT2D eigenvalue weighted by Gasteiger charge is -2.33. The Kier molecular flexibility index (Phi) is 5.95. The predicted octanol–water partition coefficient (Wildman–Crippen LogP) is 3.18. The van der Waals surface area contributed by atoms with Crippen LogP contribution in [-0.4, -0.2) is 47.9 Å². The summed E-state index contributed by atoms with van der Waals surface area (Å²) in [5.41, 5.74) is 1.11. The first-order valence-corrected chi connectivity index (χ1v) is 9.51. The van der Waals surface area contributed by atoms with E-state index < -0.39 is 0 Å². The highest BCUT2D eigenvalue weighted by Gasteiger charge is 2.27. The fourth-order valence-electron chi connectivity index (χ4n) is 3.78. The highest BCUT2D eigenvalue weighted by molar-refractivity contribution is 5.77. The van der Waals surface area contributed by atoms with Crippen molar-refractivity contribution in [3.63, 3.8) is 0 Å². The van der Waals surface area contributed by atoms with Gasteiger partial charge in [-0.15, -0.1) is 0 Å². The summed E-state index contributed by atoms with van der Waals surface area (Å²) in [5.74, 6) is 0.724. The van der Waals surface area contributed by atoms with Gasteiger partial charge in [0.25, 0.3) is 0 Å². The summed E-state index contributed by atoms with van der Waals surface area (Å²) in [5, 5.41) is 3.08. The van der Waals surface area contributed by atoms with Gasteiger partial charge in [-0.05, 0) is 44.1 Å². The van der Waals surface area contributed by atoms with E-state index in [9.17, 15) is 9.59 Å². The number of nitrogens with zero attached hydrogens (tertiary/aromatic N) is 2. The lowest BCUT2D eigenvalue weighted by Crippen LogP contribution is -2.45. The van der Waals surface area contributed by atoms with E-state index in [4.69, 9.17) is 0 Å². The van der Waals surface area contributed by atoms with Crippen LogP contribution in [0, 0.1) is 5.92 Å². The Bertz CT molecular complexity index is 576. The summed E-state index contributed by atoms with van der Waals surface area (Å²) in [6.45, 7) is 5.35. The van der Waals surface area contributed by atoms with Crippen molar-refractivity contribution in [2.45, 2.75) is 45.1 Å². The summed E-state index contributed by atoms with van der Waals surface area (Å²) in [6, 6.07) is 10.0. The van der Waals surface area contributed by atoms with Crippen LogP contribution in [0.15, 0.2) is 30.3 Å². The van der Waals surface area contributed by atoms with E-state index in [1.54, 1.807) is 0 Å². The summed E-state index contributed by atoms with van der Waals surface area (Å²) >= 11 is 0. The molecule has 2 aliphatic heterocycles. The molecule has 25 heavy (non-hydrogen) atoms. The molecule has 5 nitrogen and oxygen atoms in total. The molecule has 1 N–H and O–H groups in total. The van der Waals surface area contributed by atoms with Crippen molar-refractivity contribution in [2.24, 2.45) is 5.92 Å². The van der Waals surface area contributed by atoms with Gasteiger partial charge in [-0.2, -0.15) is 0 Å². The van der Waals surface area contributed by atoms with Crippen molar-refractivity contribution >= 4 is 11.9 Å². The number of benzene rings is 1. The van der Waals surface area contributed by atoms with Crippen LogP contribution in [0.4, 0.5) is 4.79 Å². The molecule has 0 aromatic heterocycles. The Morgan fingerprint density at radius 3 is 2.32 bits per heavy atom. The second-order valence-electron chi connectivity index (χ2n) is 7.30. The third kappa shape index (κ3) is 4.74. The van der Waals surface area contributed by atoms with E-state index in [0.29, 0.717) is 18.2 Å². The van der Waals surface area contributed by atoms with Crippen LogP contribution in [0.3, 0.4) is 0 Å². The maximum absolute atomic E-state index is 12.5. The molecule has 1 atom stereocenters. The topological polar surface area (TPSA) is 52.7 Å². The lowest BCUT2D eigenvalue weighted by atomic mass is 9.93. The van der Waals surface area contributed by atoms with Crippen molar-refractivity contribution in [3.8, 4) is 0 Å². The van der Waals surface area contributed by atoms with Gasteiger partial charge in [0, 0.05) is 32.6 Å². The number of rotatable bonds is 4. The Morgan fingerprint density at radius 2 is 1.68 bits per heavy atom. The highest BCUT2D eigenvalue weighted by Crippen LogP contribution is 2.23. The molecule has 0 spiro atoms. The molecule has 5 heteroatoms. The molecule has 0 saturated carbocycles. The average Bonchev–Trinajstić information content (AvgIpc) is 3.18. The highest BCUT2D eigenvalue weighted by atomic mass is 16.2. The summed E-state index contributed by atoms with van der Waals surface area (Å²) in [7, 11) is 0. The van der Waals surface area contributed by atoms with E-state index in [1.807, 2.05) is 47.1 Å². The Labute approximate surface area is 150 Å². The smallest absolute Gasteiger partial charge is 0.317 e. The van der Waals surface area contributed by atoms with Crippen LogP contribution in [0.2, 0.25) is 0 Å². The van der Waals surface area contributed by atoms with Gasteiger partial charge >= 0.3 is 6.03 Å². The average molecular weight is 343 g/mol. The number of hydrogen-bond donors (Lipinski definition) is 1. The van der Waals surface area contributed by atoms with E-state index in [-0.39, 0.29) is 12.1 Å². The number of carbonyl (C=O) groups excluding carboxylic acids is 2. The van der Waals surface area contributed by atoms with Crippen LogP contribution in [0.1, 0.15) is 50.6 Å². The molecule has 0 aliphatic carbocycles. The minimum atomic E-state index is 0.000623. The third-order valence-electron chi connectivity index (χ3n) is 5.46. The fourth-order valence-corrected chi connectivity index (χ4v) is 3.78. The van der Waals surface area contributed by atoms with Gasteiger partial charge in [0.2, 0.25) is 5.91 Å². The third-order valence-corrected chi connectivity index (χ3v) is 5.46. The monoisotopic (exact) mass is 343 g/mol. The quantitative estimate of drug-likeness (QED) is 0.913. The van der Waals surface area contributed by atoms with Crippen LogP contribution in [0.25, 0.3) is 0 Å². The van der Waals surface area contributed by atoms with Crippen LogP contribution in [-0.2, 0) is 4.79 Å². The summed E-state index contributed by atoms with van der Waals surface area (Å²) < 4.78 is 0. The lowest BCUT2D eigenvalue weighted by molar-refractivity contribution is -0.131. The zero-order valence-electron chi connectivity index (χ0n) is 15.1. The number of carbonyl (C=O) groups is 2. The molecule has 3 rings (SSSR count). The van der Waals surface area contributed by atoms with Crippen molar-refractivity contribution in [1.82, 2.24) is 15.1 Å². The molecule has 0 radical (unpaired) electrons. The maximum Gasteiger partial charge on any atom is 0.317 e. The number of urea groups is 1. The fraction of sp³-hybridized carbons (Fsp3) is 0.600. The number of piperidine rings is 1. The van der Waals surface area contributed by atoms with Gasteiger partial charge in [0.1, 0.15) is 0 Å². The zero-order chi connectivity index (χ0) is 17.6. The molecular weight excluding hydrogens is 314 g/mol. The molecule has 0 bridgehead atoms. The Morgan fingerprint density at radius 1 is 1.04 bits per heavy atom. The molecule has 136 valence electrons. The largest absolute Gasteiger partial charge is 0.343 e. The molecule has 1 aromatic carbocycles. The zero-order valence-corrected chi connectivity index (χ0v) is 15.1. The molecule has 2 fully saturated rings. The molecule has 2 saturated heterocycles. The van der Waals surface area contributed by atoms with Crippen LogP contribution in [0.5, 0.6) is 0 Å². The predicted molar refractivity (Wildman–Crippen MR) is 98.1 cm³/mol. The van der Waals surface area contributed by atoms with E-state index in [2.05, 4.69) is 5.32 Å². The van der Waals surface area contributed by atoms with E-state index >= 15 is 0 Å². The summed E-state index contributed by atoms with van der Waals surface area (Å²) in [4.78, 5) is 28.6. The second kappa shape index (κ2) is 8.37. The van der Waals surface area contributed by atoms with Crippen LogP contribution >= 0.6 is 0 Å². The van der Waals surface area contributed by atoms with Gasteiger partial charge < -0.3 is 15.1 Å². The molecule has 1 aromatic rings. The first-order valence-electron chi connectivity index (χ1n) is 9.51. The van der Waals surface area contributed by atoms with Crippen molar-refractivity contribution < 1.29 is 9.59 Å². The van der Waals surface area contributed by atoms with Crippen molar-refractivity contribution in [1.29, 1.82) is 0 Å². The minimum Gasteiger partial charge on any atom is -0.343 e.